The van der Waals surface area contributed by atoms with Gasteiger partial charge in [0.1, 0.15) is 0 Å². The first-order valence-electron chi connectivity index (χ1n) is 7.14. The van der Waals surface area contributed by atoms with Gasteiger partial charge in [-0.3, -0.25) is 4.90 Å². The second kappa shape index (κ2) is 7.29. The lowest BCUT2D eigenvalue weighted by atomic mass is 10.1. The van der Waals surface area contributed by atoms with Gasteiger partial charge in [-0.1, -0.05) is 20.3 Å². The lowest BCUT2D eigenvalue weighted by Gasteiger charge is -2.31. The molecule has 1 unspecified atom stereocenters. The second-order valence-electron chi connectivity index (χ2n) is 5.53. The molecule has 0 saturated heterocycles. The van der Waals surface area contributed by atoms with Crippen molar-refractivity contribution in [1.82, 2.24) is 10.2 Å². The number of hydrogen-bond acceptors (Lipinski definition) is 2. The smallest absolute Gasteiger partial charge is 0.0194 e. The Morgan fingerprint density at radius 1 is 1.25 bits per heavy atom. The molecule has 0 heterocycles. The van der Waals surface area contributed by atoms with Gasteiger partial charge < -0.3 is 5.32 Å². The topological polar surface area (TPSA) is 15.3 Å². The van der Waals surface area contributed by atoms with Crippen molar-refractivity contribution >= 4 is 0 Å². The van der Waals surface area contributed by atoms with Crippen molar-refractivity contribution in [2.24, 2.45) is 5.92 Å². The summed E-state index contributed by atoms with van der Waals surface area (Å²) in [5, 5.41) is 3.62. The number of hydrogen-bond donors (Lipinski definition) is 1. The SMILES string of the molecule is CCCC(CN(CC1CC1)C(C)C)NCC. The third-order valence-electron chi connectivity index (χ3n) is 3.50. The molecule has 0 aromatic rings. The van der Waals surface area contributed by atoms with Gasteiger partial charge in [0.05, 0.1) is 0 Å². The van der Waals surface area contributed by atoms with Crippen molar-refractivity contribution < 1.29 is 0 Å². The van der Waals surface area contributed by atoms with Gasteiger partial charge in [0, 0.05) is 25.2 Å². The maximum atomic E-state index is 3.62. The van der Waals surface area contributed by atoms with Crippen molar-refractivity contribution in [3.63, 3.8) is 0 Å². The van der Waals surface area contributed by atoms with Crippen LogP contribution in [0.2, 0.25) is 0 Å². The van der Waals surface area contributed by atoms with Crippen LogP contribution in [0, 0.1) is 5.92 Å². The van der Waals surface area contributed by atoms with E-state index >= 15 is 0 Å². The predicted molar refractivity (Wildman–Crippen MR) is 71.8 cm³/mol. The Balaban J connectivity index is 2.35. The maximum Gasteiger partial charge on any atom is 0.0194 e. The molecule has 1 atom stereocenters. The van der Waals surface area contributed by atoms with Gasteiger partial charge in [0.2, 0.25) is 0 Å². The van der Waals surface area contributed by atoms with E-state index in [0.29, 0.717) is 12.1 Å². The van der Waals surface area contributed by atoms with Crippen LogP contribution in [0.25, 0.3) is 0 Å². The van der Waals surface area contributed by atoms with E-state index in [9.17, 15) is 0 Å². The van der Waals surface area contributed by atoms with E-state index in [4.69, 9.17) is 0 Å². The van der Waals surface area contributed by atoms with Crippen LogP contribution in [0.5, 0.6) is 0 Å². The lowest BCUT2D eigenvalue weighted by molar-refractivity contribution is 0.186. The first-order chi connectivity index (χ1) is 7.67. The molecular formula is C14H30N2. The molecule has 1 saturated carbocycles. The van der Waals surface area contributed by atoms with E-state index in [1.165, 1.54) is 38.8 Å². The first-order valence-corrected chi connectivity index (χ1v) is 7.14. The minimum atomic E-state index is 0.691. The highest BCUT2D eigenvalue weighted by atomic mass is 15.2. The molecule has 0 amide bonds. The van der Waals surface area contributed by atoms with Crippen LogP contribution in [0.4, 0.5) is 0 Å². The number of rotatable bonds is 9. The lowest BCUT2D eigenvalue weighted by Crippen LogP contribution is -2.44. The summed E-state index contributed by atoms with van der Waals surface area (Å²) in [6.45, 7) is 12.8. The van der Waals surface area contributed by atoms with Crippen LogP contribution in [0.3, 0.4) is 0 Å². The van der Waals surface area contributed by atoms with E-state index in [1.54, 1.807) is 0 Å². The van der Waals surface area contributed by atoms with E-state index < -0.39 is 0 Å². The minimum Gasteiger partial charge on any atom is -0.313 e. The number of nitrogens with one attached hydrogen (secondary N) is 1. The Bertz CT molecular complexity index is 170. The average Bonchev–Trinajstić information content (AvgIpc) is 3.01. The van der Waals surface area contributed by atoms with Crippen LogP contribution in [0.15, 0.2) is 0 Å². The summed E-state index contributed by atoms with van der Waals surface area (Å²) in [6, 6.07) is 1.38. The zero-order valence-electron chi connectivity index (χ0n) is 11.6. The van der Waals surface area contributed by atoms with Crippen molar-refractivity contribution in [2.75, 3.05) is 19.6 Å². The molecule has 1 aliphatic carbocycles. The van der Waals surface area contributed by atoms with Crippen LogP contribution < -0.4 is 5.32 Å². The normalized spacial score (nSPS) is 18.4. The molecule has 0 aliphatic heterocycles. The summed E-state index contributed by atoms with van der Waals surface area (Å²) in [7, 11) is 0. The highest BCUT2D eigenvalue weighted by Gasteiger charge is 2.26. The second-order valence-corrected chi connectivity index (χ2v) is 5.53. The summed E-state index contributed by atoms with van der Waals surface area (Å²) < 4.78 is 0. The molecule has 2 heteroatoms. The Morgan fingerprint density at radius 2 is 1.94 bits per heavy atom. The zero-order chi connectivity index (χ0) is 12.0. The van der Waals surface area contributed by atoms with Gasteiger partial charge in [-0.2, -0.15) is 0 Å². The fraction of sp³-hybridized carbons (Fsp3) is 1.00. The van der Waals surface area contributed by atoms with Gasteiger partial charge in [-0.15, -0.1) is 0 Å². The summed E-state index contributed by atoms with van der Waals surface area (Å²) >= 11 is 0. The minimum absolute atomic E-state index is 0.691. The molecule has 1 rings (SSSR count). The van der Waals surface area contributed by atoms with E-state index in [-0.39, 0.29) is 0 Å². The number of likely N-dealkylation sites (N-methyl/N-ethyl adjacent to an activating group) is 1. The Kier molecular flexibility index (Phi) is 6.37. The van der Waals surface area contributed by atoms with Crippen molar-refractivity contribution in [1.29, 1.82) is 0 Å². The largest absolute Gasteiger partial charge is 0.313 e. The fourth-order valence-electron chi connectivity index (χ4n) is 2.31. The molecule has 0 bridgehead atoms. The van der Waals surface area contributed by atoms with Crippen LogP contribution in [-0.2, 0) is 0 Å². The quantitative estimate of drug-likeness (QED) is 0.650. The summed E-state index contributed by atoms with van der Waals surface area (Å²) in [6.07, 6.45) is 5.51. The fourth-order valence-corrected chi connectivity index (χ4v) is 2.31. The Labute approximate surface area is 102 Å². The average molecular weight is 226 g/mol. The Hall–Kier alpha value is -0.0800. The third-order valence-corrected chi connectivity index (χ3v) is 3.50. The van der Waals surface area contributed by atoms with E-state index in [1.807, 2.05) is 0 Å². The van der Waals surface area contributed by atoms with Gasteiger partial charge in [-0.05, 0) is 45.6 Å². The molecule has 0 spiro atoms. The van der Waals surface area contributed by atoms with Crippen molar-refractivity contribution in [3.8, 4) is 0 Å². The molecule has 16 heavy (non-hydrogen) atoms. The molecule has 0 radical (unpaired) electrons. The third kappa shape index (κ3) is 5.31. The highest BCUT2D eigenvalue weighted by molar-refractivity contribution is 4.81. The first kappa shape index (κ1) is 14.0. The molecule has 1 aliphatic rings. The van der Waals surface area contributed by atoms with Crippen LogP contribution in [-0.4, -0.2) is 36.6 Å². The molecule has 1 fully saturated rings. The van der Waals surface area contributed by atoms with E-state index in [0.717, 1.165) is 12.5 Å². The zero-order valence-corrected chi connectivity index (χ0v) is 11.6. The summed E-state index contributed by atoms with van der Waals surface area (Å²) in [5.74, 6) is 1.01. The predicted octanol–water partition coefficient (Wildman–Crippen LogP) is 2.89. The van der Waals surface area contributed by atoms with Crippen molar-refractivity contribution in [3.05, 3.63) is 0 Å². The molecule has 2 nitrogen and oxygen atoms in total. The molecular weight excluding hydrogens is 196 g/mol. The molecule has 1 N–H and O–H groups in total. The van der Waals surface area contributed by atoms with Gasteiger partial charge in [0.15, 0.2) is 0 Å². The highest BCUT2D eigenvalue weighted by Crippen LogP contribution is 2.30. The molecule has 96 valence electrons. The number of nitrogens with zero attached hydrogens (tertiary/aromatic N) is 1. The monoisotopic (exact) mass is 226 g/mol. The van der Waals surface area contributed by atoms with Gasteiger partial charge in [0.25, 0.3) is 0 Å². The van der Waals surface area contributed by atoms with Gasteiger partial charge in [-0.25, -0.2) is 0 Å². The molecule has 0 aromatic heterocycles. The van der Waals surface area contributed by atoms with Crippen LogP contribution >= 0.6 is 0 Å². The molecule has 0 aromatic carbocycles. The van der Waals surface area contributed by atoms with E-state index in [2.05, 4.69) is 37.9 Å². The van der Waals surface area contributed by atoms with Gasteiger partial charge >= 0.3 is 0 Å². The standard InChI is InChI=1S/C14H30N2/c1-5-7-14(15-6-2)11-16(12(3)4)10-13-8-9-13/h12-15H,5-11H2,1-4H3. The van der Waals surface area contributed by atoms with Crippen LogP contribution in [0.1, 0.15) is 53.4 Å². The summed E-state index contributed by atoms with van der Waals surface area (Å²) in [5.41, 5.74) is 0. The van der Waals surface area contributed by atoms with Crippen molar-refractivity contribution in [2.45, 2.75) is 65.5 Å². The maximum absolute atomic E-state index is 3.62. The Morgan fingerprint density at radius 3 is 2.38 bits per heavy atom. The summed E-state index contributed by atoms with van der Waals surface area (Å²) in [4.78, 5) is 2.67.